The number of hydrogen-bond acceptors (Lipinski definition) is 2. The van der Waals surface area contributed by atoms with Crippen molar-refractivity contribution in [3.8, 4) is 0 Å². The van der Waals surface area contributed by atoms with Crippen molar-refractivity contribution in [2.45, 2.75) is 77.4 Å². The van der Waals surface area contributed by atoms with E-state index >= 15 is 0 Å². The molecule has 0 aromatic carbocycles. The van der Waals surface area contributed by atoms with E-state index in [4.69, 9.17) is 0 Å². The van der Waals surface area contributed by atoms with Crippen LogP contribution in [0.25, 0.3) is 0 Å². The van der Waals surface area contributed by atoms with E-state index in [2.05, 4.69) is 18.7 Å². The molecule has 1 aliphatic rings. The van der Waals surface area contributed by atoms with Gasteiger partial charge in [-0.2, -0.15) is 0 Å². The van der Waals surface area contributed by atoms with E-state index < -0.39 is 0 Å². The highest BCUT2D eigenvalue weighted by Gasteiger charge is 2.18. The number of aliphatic hydroxyl groups is 1. The van der Waals surface area contributed by atoms with Gasteiger partial charge in [0.2, 0.25) is 0 Å². The SMILES string of the molecule is CCC(O)CCCN1CCCCCC1CC. The fourth-order valence-electron chi connectivity index (χ4n) is 2.73. The molecule has 0 aromatic heterocycles. The fraction of sp³-hybridized carbons (Fsp3) is 1.00. The second kappa shape index (κ2) is 8.08. The summed E-state index contributed by atoms with van der Waals surface area (Å²) in [6, 6.07) is 0.807. The predicted molar refractivity (Wildman–Crippen MR) is 69.7 cm³/mol. The summed E-state index contributed by atoms with van der Waals surface area (Å²) >= 11 is 0. The number of aliphatic hydroxyl groups excluding tert-OH is 1. The van der Waals surface area contributed by atoms with Crippen LogP contribution in [-0.4, -0.2) is 35.2 Å². The van der Waals surface area contributed by atoms with Crippen molar-refractivity contribution in [3.63, 3.8) is 0 Å². The van der Waals surface area contributed by atoms with Gasteiger partial charge in [0.15, 0.2) is 0 Å². The quantitative estimate of drug-likeness (QED) is 0.753. The molecule has 2 heteroatoms. The zero-order valence-electron chi connectivity index (χ0n) is 11.1. The van der Waals surface area contributed by atoms with Crippen LogP contribution in [0.2, 0.25) is 0 Å². The van der Waals surface area contributed by atoms with Crippen molar-refractivity contribution >= 4 is 0 Å². The van der Waals surface area contributed by atoms with E-state index in [9.17, 15) is 5.11 Å². The first kappa shape index (κ1) is 14.0. The summed E-state index contributed by atoms with van der Waals surface area (Å²) in [5, 5.41) is 9.55. The first-order chi connectivity index (χ1) is 7.77. The third-order valence-corrected chi connectivity index (χ3v) is 3.92. The molecule has 0 radical (unpaired) electrons. The molecular weight excluding hydrogens is 198 g/mol. The maximum atomic E-state index is 9.55. The van der Waals surface area contributed by atoms with Crippen LogP contribution in [0.4, 0.5) is 0 Å². The Morgan fingerprint density at radius 1 is 1.25 bits per heavy atom. The normalized spacial score (nSPS) is 25.3. The van der Waals surface area contributed by atoms with Gasteiger partial charge in [-0.15, -0.1) is 0 Å². The van der Waals surface area contributed by atoms with Crippen LogP contribution < -0.4 is 0 Å². The molecule has 1 heterocycles. The molecular formula is C14H29NO. The molecule has 2 atom stereocenters. The molecule has 0 amide bonds. The highest BCUT2D eigenvalue weighted by Crippen LogP contribution is 2.19. The van der Waals surface area contributed by atoms with E-state index in [1.165, 1.54) is 45.2 Å². The van der Waals surface area contributed by atoms with Gasteiger partial charge in [0.1, 0.15) is 0 Å². The molecule has 1 N–H and O–H groups in total. The van der Waals surface area contributed by atoms with E-state index in [0.717, 1.165) is 25.3 Å². The second-order valence-corrected chi connectivity index (χ2v) is 5.15. The van der Waals surface area contributed by atoms with Crippen LogP contribution in [0.15, 0.2) is 0 Å². The molecule has 1 saturated heterocycles. The Morgan fingerprint density at radius 2 is 2.06 bits per heavy atom. The van der Waals surface area contributed by atoms with Gasteiger partial charge >= 0.3 is 0 Å². The maximum absolute atomic E-state index is 9.55. The van der Waals surface area contributed by atoms with Gasteiger partial charge in [-0.25, -0.2) is 0 Å². The van der Waals surface area contributed by atoms with Crippen LogP contribution in [-0.2, 0) is 0 Å². The lowest BCUT2D eigenvalue weighted by Gasteiger charge is -2.29. The van der Waals surface area contributed by atoms with Crippen molar-refractivity contribution in [1.29, 1.82) is 0 Å². The Kier molecular flexibility index (Phi) is 7.06. The highest BCUT2D eigenvalue weighted by molar-refractivity contribution is 4.74. The molecule has 1 rings (SSSR count). The van der Waals surface area contributed by atoms with Gasteiger partial charge in [0, 0.05) is 6.04 Å². The number of hydrogen-bond donors (Lipinski definition) is 1. The predicted octanol–water partition coefficient (Wildman–Crippen LogP) is 3.19. The van der Waals surface area contributed by atoms with Crippen LogP contribution >= 0.6 is 0 Å². The van der Waals surface area contributed by atoms with Gasteiger partial charge in [-0.1, -0.05) is 26.7 Å². The number of likely N-dealkylation sites (tertiary alicyclic amines) is 1. The molecule has 0 saturated carbocycles. The topological polar surface area (TPSA) is 23.5 Å². The molecule has 2 unspecified atom stereocenters. The molecule has 0 bridgehead atoms. The monoisotopic (exact) mass is 227 g/mol. The van der Waals surface area contributed by atoms with Crippen molar-refractivity contribution in [3.05, 3.63) is 0 Å². The minimum absolute atomic E-state index is 0.0768. The zero-order valence-corrected chi connectivity index (χ0v) is 11.1. The summed E-state index contributed by atoms with van der Waals surface area (Å²) in [5.74, 6) is 0. The van der Waals surface area contributed by atoms with Crippen LogP contribution in [0.5, 0.6) is 0 Å². The first-order valence-electron chi connectivity index (χ1n) is 7.20. The van der Waals surface area contributed by atoms with Gasteiger partial charge in [-0.3, -0.25) is 0 Å². The van der Waals surface area contributed by atoms with E-state index in [1.54, 1.807) is 0 Å². The largest absolute Gasteiger partial charge is 0.393 e. The summed E-state index contributed by atoms with van der Waals surface area (Å²) in [4.78, 5) is 2.66. The summed E-state index contributed by atoms with van der Waals surface area (Å²) in [6.45, 7) is 6.84. The zero-order chi connectivity index (χ0) is 11.8. The van der Waals surface area contributed by atoms with Crippen LogP contribution in [0.1, 0.15) is 65.2 Å². The van der Waals surface area contributed by atoms with Crippen LogP contribution in [0, 0.1) is 0 Å². The summed E-state index contributed by atoms with van der Waals surface area (Å²) < 4.78 is 0. The first-order valence-corrected chi connectivity index (χ1v) is 7.20. The summed E-state index contributed by atoms with van der Waals surface area (Å²) in [7, 11) is 0. The lowest BCUT2D eigenvalue weighted by atomic mass is 10.1. The third-order valence-electron chi connectivity index (χ3n) is 3.92. The van der Waals surface area contributed by atoms with Crippen LogP contribution in [0.3, 0.4) is 0 Å². The van der Waals surface area contributed by atoms with E-state index in [0.29, 0.717) is 0 Å². The Hall–Kier alpha value is -0.0800. The number of rotatable bonds is 6. The molecule has 2 nitrogen and oxygen atoms in total. The van der Waals surface area contributed by atoms with Crippen molar-refractivity contribution in [2.75, 3.05) is 13.1 Å². The Labute approximate surface area is 101 Å². The Balaban J connectivity index is 2.25. The Bertz CT molecular complexity index is 172. The minimum atomic E-state index is -0.0768. The van der Waals surface area contributed by atoms with Crippen molar-refractivity contribution in [2.24, 2.45) is 0 Å². The molecule has 96 valence electrons. The Morgan fingerprint density at radius 3 is 2.75 bits per heavy atom. The average molecular weight is 227 g/mol. The molecule has 0 spiro atoms. The molecule has 0 aliphatic carbocycles. The lowest BCUT2D eigenvalue weighted by molar-refractivity contribution is 0.138. The molecule has 0 aromatic rings. The summed E-state index contributed by atoms with van der Waals surface area (Å²) in [5.41, 5.74) is 0. The fourth-order valence-corrected chi connectivity index (χ4v) is 2.73. The molecule has 16 heavy (non-hydrogen) atoms. The number of nitrogens with zero attached hydrogens (tertiary/aromatic N) is 1. The minimum Gasteiger partial charge on any atom is -0.393 e. The maximum Gasteiger partial charge on any atom is 0.0538 e. The van der Waals surface area contributed by atoms with Crippen molar-refractivity contribution in [1.82, 2.24) is 4.90 Å². The highest BCUT2D eigenvalue weighted by atomic mass is 16.3. The second-order valence-electron chi connectivity index (χ2n) is 5.15. The van der Waals surface area contributed by atoms with Gasteiger partial charge < -0.3 is 10.0 Å². The van der Waals surface area contributed by atoms with Gasteiger partial charge in [-0.05, 0) is 51.6 Å². The standard InChI is InChI=1S/C14H29NO/c1-3-13-9-6-5-7-11-15(13)12-8-10-14(16)4-2/h13-14,16H,3-12H2,1-2H3. The average Bonchev–Trinajstić information content (AvgIpc) is 2.53. The van der Waals surface area contributed by atoms with Gasteiger partial charge in [0.05, 0.1) is 6.10 Å². The molecule has 1 aliphatic heterocycles. The van der Waals surface area contributed by atoms with Gasteiger partial charge in [0.25, 0.3) is 0 Å². The molecule has 1 fully saturated rings. The lowest BCUT2D eigenvalue weighted by Crippen LogP contribution is -2.35. The summed E-state index contributed by atoms with van der Waals surface area (Å²) in [6.07, 6.45) is 9.81. The van der Waals surface area contributed by atoms with Crippen molar-refractivity contribution < 1.29 is 5.11 Å². The van der Waals surface area contributed by atoms with E-state index in [-0.39, 0.29) is 6.10 Å². The van der Waals surface area contributed by atoms with E-state index in [1.807, 2.05) is 0 Å². The third kappa shape index (κ3) is 4.84. The smallest absolute Gasteiger partial charge is 0.0538 e.